The Bertz CT molecular complexity index is 1780. The summed E-state index contributed by atoms with van der Waals surface area (Å²) in [6.07, 6.45) is 5.22. The number of carbonyl (C=O) groups is 2. The average Bonchev–Trinajstić information content (AvgIpc) is 3.08. The van der Waals surface area contributed by atoms with Crippen molar-refractivity contribution in [1.82, 2.24) is 10.2 Å². The highest BCUT2D eigenvalue weighted by Crippen LogP contribution is 2.35. The smallest absolute Gasteiger partial charge is 0.264 e. The van der Waals surface area contributed by atoms with Crippen LogP contribution in [-0.4, -0.2) is 43.8 Å². The Hall–Kier alpha value is -3.85. The zero-order valence-corrected chi connectivity index (χ0v) is 28.6. The number of aryl methyl sites for hydroxylation is 1. The second kappa shape index (κ2) is 15.8. The molecule has 10 heteroatoms. The first-order valence-corrected chi connectivity index (χ1v) is 18.0. The van der Waals surface area contributed by atoms with E-state index in [2.05, 4.69) is 5.32 Å². The highest BCUT2D eigenvalue weighted by Gasteiger charge is 2.36. The highest BCUT2D eigenvalue weighted by atomic mass is 35.5. The van der Waals surface area contributed by atoms with Crippen LogP contribution < -0.4 is 9.62 Å². The lowest BCUT2D eigenvalue weighted by atomic mass is 9.94. The second-order valence-corrected chi connectivity index (χ2v) is 14.6. The van der Waals surface area contributed by atoms with Crippen LogP contribution in [0.25, 0.3) is 0 Å². The molecule has 1 N–H and O–H groups in total. The predicted octanol–water partition coefficient (Wildman–Crippen LogP) is 7.59. The molecule has 0 unspecified atom stereocenters. The first kappa shape index (κ1) is 34.5. The van der Waals surface area contributed by atoms with E-state index in [4.69, 9.17) is 23.2 Å². The van der Waals surface area contributed by atoms with Crippen molar-refractivity contribution in [3.63, 3.8) is 0 Å². The summed E-state index contributed by atoms with van der Waals surface area (Å²) in [4.78, 5) is 30.4. The van der Waals surface area contributed by atoms with Crippen LogP contribution in [0.4, 0.5) is 5.69 Å². The Labute approximate surface area is 287 Å². The fourth-order valence-electron chi connectivity index (χ4n) is 6.02. The van der Waals surface area contributed by atoms with Gasteiger partial charge in [0.1, 0.15) is 12.6 Å². The van der Waals surface area contributed by atoms with E-state index in [0.717, 1.165) is 53.1 Å². The van der Waals surface area contributed by atoms with Gasteiger partial charge in [0.05, 0.1) is 20.6 Å². The van der Waals surface area contributed by atoms with Gasteiger partial charge in [0.15, 0.2) is 0 Å². The Balaban J connectivity index is 1.58. The topological polar surface area (TPSA) is 86.8 Å². The number of benzene rings is 4. The zero-order chi connectivity index (χ0) is 33.4. The Kier molecular flexibility index (Phi) is 11.6. The molecule has 0 bridgehead atoms. The first-order chi connectivity index (χ1) is 22.6. The van der Waals surface area contributed by atoms with E-state index in [-0.39, 0.29) is 45.5 Å². The Morgan fingerprint density at radius 3 is 2.15 bits per heavy atom. The molecule has 1 fully saturated rings. The molecular formula is C37H39Cl2N3O4S. The molecule has 5 rings (SSSR count). The van der Waals surface area contributed by atoms with Gasteiger partial charge in [0.25, 0.3) is 10.0 Å². The minimum atomic E-state index is -4.29. The van der Waals surface area contributed by atoms with Gasteiger partial charge < -0.3 is 10.2 Å². The summed E-state index contributed by atoms with van der Waals surface area (Å²) in [6.45, 7) is 1.45. The van der Waals surface area contributed by atoms with Crippen molar-refractivity contribution >= 4 is 50.7 Å². The van der Waals surface area contributed by atoms with Crippen LogP contribution in [0.15, 0.2) is 108 Å². The van der Waals surface area contributed by atoms with Gasteiger partial charge in [0.2, 0.25) is 11.8 Å². The molecule has 0 aliphatic heterocycles. The fraction of sp³-hybridized carbons (Fsp3) is 0.297. The summed E-state index contributed by atoms with van der Waals surface area (Å²) in [7, 11) is -4.29. The van der Waals surface area contributed by atoms with E-state index in [1.54, 1.807) is 30.3 Å². The van der Waals surface area contributed by atoms with Gasteiger partial charge in [-0.1, -0.05) is 127 Å². The minimum absolute atomic E-state index is 0.00239. The summed E-state index contributed by atoms with van der Waals surface area (Å²) in [5, 5.41) is 3.38. The average molecular weight is 693 g/mol. The molecule has 1 aliphatic carbocycles. The molecule has 4 aromatic carbocycles. The Morgan fingerprint density at radius 2 is 1.47 bits per heavy atom. The lowest BCUT2D eigenvalue weighted by molar-refractivity contribution is -0.140. The second-order valence-electron chi connectivity index (χ2n) is 12.0. The monoisotopic (exact) mass is 691 g/mol. The van der Waals surface area contributed by atoms with Crippen LogP contribution >= 0.6 is 23.2 Å². The summed E-state index contributed by atoms with van der Waals surface area (Å²) in [5.74, 6) is -0.818. The molecule has 1 saturated carbocycles. The number of halogens is 2. The van der Waals surface area contributed by atoms with E-state index >= 15 is 0 Å². The normalized spacial score (nSPS) is 14.3. The standard InChI is InChI=1S/C37H39Cl2N3O4S/c1-27-13-11-16-29(23-27)25-41(34(24-28-14-5-2-6-15-28)37(44)40-30-17-7-3-8-18-30)35(43)26-42(33-22-12-21-32(38)36(33)39)47(45,46)31-19-9-4-10-20-31/h2,4-6,9-16,19-23,30,34H,3,7-8,17-18,24-26H2,1H3,(H,40,44)/t34-/m0/s1. The largest absolute Gasteiger partial charge is 0.352 e. The third kappa shape index (κ3) is 8.74. The van der Waals surface area contributed by atoms with Crippen molar-refractivity contribution in [1.29, 1.82) is 0 Å². The van der Waals surface area contributed by atoms with Gasteiger partial charge in [-0.25, -0.2) is 8.42 Å². The molecule has 0 aromatic heterocycles. The maximum atomic E-state index is 14.7. The number of rotatable bonds is 12. The first-order valence-electron chi connectivity index (χ1n) is 15.8. The molecule has 0 saturated heterocycles. The molecule has 7 nitrogen and oxygen atoms in total. The third-order valence-electron chi connectivity index (χ3n) is 8.47. The van der Waals surface area contributed by atoms with Crippen molar-refractivity contribution < 1.29 is 18.0 Å². The fourth-order valence-corrected chi connectivity index (χ4v) is 7.92. The maximum Gasteiger partial charge on any atom is 0.264 e. The van der Waals surface area contributed by atoms with E-state index in [0.29, 0.717) is 0 Å². The van der Waals surface area contributed by atoms with Crippen LogP contribution in [0.3, 0.4) is 0 Å². The molecule has 0 heterocycles. The van der Waals surface area contributed by atoms with Crippen LogP contribution in [0.2, 0.25) is 10.0 Å². The van der Waals surface area contributed by atoms with Crippen LogP contribution in [0.5, 0.6) is 0 Å². The van der Waals surface area contributed by atoms with E-state index in [1.807, 2.05) is 61.5 Å². The lowest BCUT2D eigenvalue weighted by Crippen LogP contribution is -2.55. The number of hydrogen-bond acceptors (Lipinski definition) is 4. The molecule has 246 valence electrons. The summed E-state index contributed by atoms with van der Waals surface area (Å²) >= 11 is 12.9. The van der Waals surface area contributed by atoms with Crippen molar-refractivity contribution in [2.24, 2.45) is 0 Å². The lowest BCUT2D eigenvalue weighted by Gasteiger charge is -2.35. The van der Waals surface area contributed by atoms with Crippen LogP contribution in [0.1, 0.15) is 48.8 Å². The number of sulfonamides is 1. The molecule has 2 amide bonds. The third-order valence-corrected chi connectivity index (χ3v) is 11.1. The molecule has 47 heavy (non-hydrogen) atoms. The SMILES string of the molecule is Cc1cccc(CN(C(=O)CN(c2cccc(Cl)c2Cl)S(=O)(=O)c2ccccc2)[C@@H](Cc2ccccc2)C(=O)NC2CCCCC2)c1. The summed E-state index contributed by atoms with van der Waals surface area (Å²) in [5.41, 5.74) is 2.77. The van der Waals surface area contributed by atoms with Crippen LogP contribution in [0, 0.1) is 6.92 Å². The van der Waals surface area contributed by atoms with Crippen molar-refractivity contribution in [2.45, 2.75) is 69.0 Å². The highest BCUT2D eigenvalue weighted by molar-refractivity contribution is 7.92. The predicted molar refractivity (Wildman–Crippen MR) is 188 cm³/mol. The van der Waals surface area contributed by atoms with Gasteiger partial charge >= 0.3 is 0 Å². The van der Waals surface area contributed by atoms with Gasteiger partial charge in [-0.2, -0.15) is 0 Å². The Morgan fingerprint density at radius 1 is 0.830 bits per heavy atom. The van der Waals surface area contributed by atoms with Gasteiger partial charge in [-0.15, -0.1) is 0 Å². The van der Waals surface area contributed by atoms with Crippen molar-refractivity contribution in [3.05, 3.63) is 130 Å². The number of amides is 2. The molecule has 1 atom stereocenters. The minimum Gasteiger partial charge on any atom is -0.352 e. The van der Waals surface area contributed by atoms with Crippen LogP contribution in [-0.2, 0) is 32.6 Å². The molecule has 0 spiro atoms. The number of hydrogen-bond donors (Lipinski definition) is 1. The number of nitrogens with one attached hydrogen (secondary N) is 1. The quantitative estimate of drug-likeness (QED) is 0.166. The number of anilines is 1. The van der Waals surface area contributed by atoms with E-state index in [1.165, 1.54) is 23.1 Å². The zero-order valence-electron chi connectivity index (χ0n) is 26.3. The number of carbonyl (C=O) groups excluding carboxylic acids is 2. The molecule has 0 radical (unpaired) electrons. The molecule has 4 aromatic rings. The van der Waals surface area contributed by atoms with Gasteiger partial charge in [-0.3, -0.25) is 13.9 Å². The van der Waals surface area contributed by atoms with Gasteiger partial charge in [0, 0.05) is 19.0 Å². The van der Waals surface area contributed by atoms with Crippen molar-refractivity contribution in [2.75, 3.05) is 10.8 Å². The van der Waals surface area contributed by atoms with E-state index in [9.17, 15) is 18.0 Å². The van der Waals surface area contributed by atoms with Crippen molar-refractivity contribution in [3.8, 4) is 0 Å². The molecule has 1 aliphatic rings. The molecular weight excluding hydrogens is 653 g/mol. The summed E-state index contributed by atoms with van der Waals surface area (Å²) in [6, 6.07) is 28.9. The van der Waals surface area contributed by atoms with E-state index < -0.39 is 28.5 Å². The van der Waals surface area contributed by atoms with Gasteiger partial charge in [-0.05, 0) is 55.2 Å². The summed E-state index contributed by atoms with van der Waals surface area (Å²) < 4.78 is 29.4. The maximum absolute atomic E-state index is 14.7. The number of nitrogens with zero attached hydrogens (tertiary/aromatic N) is 2.